The Morgan fingerprint density at radius 1 is 1.40 bits per heavy atom. The third-order valence-electron chi connectivity index (χ3n) is 1.80. The number of nitrogens with zero attached hydrogens (tertiary/aromatic N) is 2. The van der Waals surface area contributed by atoms with Gasteiger partial charge in [-0.1, -0.05) is 0 Å². The van der Waals surface area contributed by atoms with Crippen LogP contribution in [0.25, 0.3) is 0 Å². The van der Waals surface area contributed by atoms with Crippen molar-refractivity contribution in [3.63, 3.8) is 0 Å². The maximum atomic E-state index is 11.6. The van der Waals surface area contributed by atoms with Gasteiger partial charge in [0.2, 0.25) is 0 Å². The third-order valence-corrected chi connectivity index (χ3v) is 1.80. The Morgan fingerprint density at radius 3 is 2.40 bits per heavy atom. The number of aromatic hydroxyl groups is 2. The first-order valence-corrected chi connectivity index (χ1v) is 4.20. The minimum atomic E-state index is -0.428. The number of carbonyl (C=O) groups is 1. The molecule has 0 radical (unpaired) electrons. The van der Waals surface area contributed by atoms with Crippen LogP contribution < -0.4 is 0 Å². The summed E-state index contributed by atoms with van der Waals surface area (Å²) < 4.78 is 0. The molecule has 0 spiro atoms. The number of amides is 1. The van der Waals surface area contributed by atoms with E-state index in [4.69, 9.17) is 15.5 Å². The molecule has 0 unspecified atom stereocenters. The average Bonchev–Trinajstić information content (AvgIpc) is 2.15. The first kappa shape index (κ1) is 10.9. The van der Waals surface area contributed by atoms with Gasteiger partial charge in [0.05, 0.1) is 6.07 Å². The van der Waals surface area contributed by atoms with Gasteiger partial charge in [-0.3, -0.25) is 4.79 Å². The van der Waals surface area contributed by atoms with Gasteiger partial charge in [-0.25, -0.2) is 0 Å². The molecule has 5 heteroatoms. The minimum absolute atomic E-state index is 0.0464. The number of hydrogen-bond acceptors (Lipinski definition) is 4. The zero-order valence-electron chi connectivity index (χ0n) is 8.14. The van der Waals surface area contributed by atoms with Gasteiger partial charge in [0.1, 0.15) is 18.0 Å². The second kappa shape index (κ2) is 4.33. The van der Waals surface area contributed by atoms with Crippen molar-refractivity contribution >= 4 is 5.91 Å². The van der Waals surface area contributed by atoms with Crippen LogP contribution >= 0.6 is 0 Å². The maximum Gasteiger partial charge on any atom is 0.254 e. The first-order valence-electron chi connectivity index (χ1n) is 4.20. The first-order chi connectivity index (χ1) is 7.04. The van der Waals surface area contributed by atoms with E-state index >= 15 is 0 Å². The molecule has 15 heavy (non-hydrogen) atoms. The third kappa shape index (κ3) is 2.61. The Labute approximate surface area is 86.8 Å². The number of carbonyl (C=O) groups excluding carboxylic acids is 1. The molecule has 5 nitrogen and oxygen atoms in total. The van der Waals surface area contributed by atoms with Crippen molar-refractivity contribution in [2.24, 2.45) is 0 Å². The molecule has 0 heterocycles. The predicted molar refractivity (Wildman–Crippen MR) is 52.3 cm³/mol. The van der Waals surface area contributed by atoms with Crippen LogP contribution in [0.5, 0.6) is 11.5 Å². The Kier molecular flexibility index (Phi) is 3.13. The average molecular weight is 206 g/mol. The van der Waals surface area contributed by atoms with Crippen molar-refractivity contribution in [3.8, 4) is 17.6 Å². The second-order valence-electron chi connectivity index (χ2n) is 3.06. The highest BCUT2D eigenvalue weighted by atomic mass is 16.3. The molecule has 0 saturated carbocycles. The molecule has 0 atom stereocenters. The summed E-state index contributed by atoms with van der Waals surface area (Å²) >= 11 is 0. The lowest BCUT2D eigenvalue weighted by Crippen LogP contribution is -2.26. The molecule has 1 rings (SSSR count). The number of benzene rings is 1. The van der Waals surface area contributed by atoms with Crippen molar-refractivity contribution in [3.05, 3.63) is 23.8 Å². The second-order valence-corrected chi connectivity index (χ2v) is 3.06. The smallest absolute Gasteiger partial charge is 0.254 e. The van der Waals surface area contributed by atoms with Crippen LogP contribution in [0.1, 0.15) is 10.4 Å². The van der Waals surface area contributed by atoms with E-state index in [1.54, 1.807) is 0 Å². The standard InChI is InChI=1S/C10H10N2O3/c1-12(3-2-11)10(15)7-4-8(13)6-9(14)5-7/h4-6,13-14H,3H2,1H3. The summed E-state index contributed by atoms with van der Waals surface area (Å²) in [7, 11) is 1.46. The van der Waals surface area contributed by atoms with Gasteiger partial charge >= 0.3 is 0 Å². The molecule has 0 aliphatic rings. The van der Waals surface area contributed by atoms with E-state index in [1.165, 1.54) is 24.1 Å². The Hall–Kier alpha value is -2.22. The Bertz CT molecular complexity index is 403. The number of phenols is 2. The fourth-order valence-corrected chi connectivity index (χ4v) is 1.12. The van der Waals surface area contributed by atoms with Crippen LogP contribution in [-0.2, 0) is 0 Å². The number of rotatable bonds is 2. The van der Waals surface area contributed by atoms with Gasteiger partial charge < -0.3 is 15.1 Å². The molecular formula is C10H10N2O3. The summed E-state index contributed by atoms with van der Waals surface area (Å²) in [6.07, 6.45) is 0. The number of phenolic OH excluding ortho intramolecular Hbond substituents is 2. The van der Waals surface area contributed by atoms with E-state index in [1.807, 2.05) is 6.07 Å². The molecule has 78 valence electrons. The molecule has 2 N–H and O–H groups in total. The van der Waals surface area contributed by atoms with E-state index in [-0.39, 0.29) is 23.6 Å². The summed E-state index contributed by atoms with van der Waals surface area (Å²) in [5.74, 6) is -0.810. The Morgan fingerprint density at radius 2 is 1.93 bits per heavy atom. The van der Waals surface area contributed by atoms with E-state index in [2.05, 4.69) is 0 Å². The summed E-state index contributed by atoms with van der Waals surface area (Å²) in [4.78, 5) is 12.8. The fraction of sp³-hybridized carbons (Fsp3) is 0.200. The van der Waals surface area contributed by atoms with E-state index in [9.17, 15) is 4.79 Å². The maximum absolute atomic E-state index is 11.6. The molecule has 1 amide bonds. The number of nitriles is 1. The van der Waals surface area contributed by atoms with Gasteiger partial charge in [-0.05, 0) is 12.1 Å². The normalized spacial score (nSPS) is 9.33. The number of hydrogen-bond donors (Lipinski definition) is 2. The van der Waals surface area contributed by atoms with Crippen molar-refractivity contribution in [1.29, 1.82) is 5.26 Å². The highest BCUT2D eigenvalue weighted by Crippen LogP contribution is 2.21. The van der Waals surface area contributed by atoms with Crippen LogP contribution in [0.15, 0.2) is 18.2 Å². The zero-order valence-corrected chi connectivity index (χ0v) is 8.14. The van der Waals surface area contributed by atoms with Crippen LogP contribution in [0.4, 0.5) is 0 Å². The van der Waals surface area contributed by atoms with Gasteiger partial charge in [0.15, 0.2) is 0 Å². The topological polar surface area (TPSA) is 84.6 Å². The van der Waals surface area contributed by atoms with Crippen LogP contribution in [0.3, 0.4) is 0 Å². The highest BCUT2D eigenvalue weighted by molar-refractivity contribution is 5.95. The van der Waals surface area contributed by atoms with E-state index in [0.29, 0.717) is 0 Å². The molecular weight excluding hydrogens is 196 g/mol. The molecule has 1 aromatic rings. The molecule has 0 fully saturated rings. The Balaban J connectivity index is 2.97. The van der Waals surface area contributed by atoms with Crippen molar-refractivity contribution in [2.45, 2.75) is 0 Å². The largest absolute Gasteiger partial charge is 0.508 e. The van der Waals surface area contributed by atoms with Crippen molar-refractivity contribution in [1.82, 2.24) is 4.90 Å². The van der Waals surface area contributed by atoms with Gasteiger partial charge in [-0.15, -0.1) is 0 Å². The zero-order chi connectivity index (χ0) is 11.4. The van der Waals surface area contributed by atoms with Gasteiger partial charge in [0.25, 0.3) is 5.91 Å². The summed E-state index contributed by atoms with van der Waals surface area (Å²) in [5.41, 5.74) is 0.144. The van der Waals surface area contributed by atoms with Crippen LogP contribution in [0.2, 0.25) is 0 Å². The fourth-order valence-electron chi connectivity index (χ4n) is 1.12. The van der Waals surface area contributed by atoms with Crippen LogP contribution in [-0.4, -0.2) is 34.6 Å². The van der Waals surface area contributed by atoms with Gasteiger partial charge in [-0.2, -0.15) is 5.26 Å². The summed E-state index contributed by atoms with van der Waals surface area (Å²) in [6, 6.07) is 5.42. The molecule has 0 saturated heterocycles. The molecule has 1 aromatic carbocycles. The lowest BCUT2D eigenvalue weighted by atomic mass is 10.2. The van der Waals surface area contributed by atoms with E-state index < -0.39 is 5.91 Å². The molecule has 0 aliphatic heterocycles. The molecule has 0 aromatic heterocycles. The van der Waals surface area contributed by atoms with E-state index in [0.717, 1.165) is 6.07 Å². The summed E-state index contributed by atoms with van der Waals surface area (Å²) in [5, 5.41) is 26.7. The summed E-state index contributed by atoms with van der Waals surface area (Å²) in [6.45, 7) is -0.0464. The quantitative estimate of drug-likeness (QED) is 0.697. The van der Waals surface area contributed by atoms with Gasteiger partial charge in [0, 0.05) is 18.7 Å². The molecule has 0 bridgehead atoms. The predicted octanol–water partition coefficient (Wildman–Crippen LogP) is 0.693. The highest BCUT2D eigenvalue weighted by Gasteiger charge is 2.12. The van der Waals surface area contributed by atoms with Crippen LogP contribution in [0, 0.1) is 11.3 Å². The molecule has 0 aliphatic carbocycles. The SMILES string of the molecule is CN(CC#N)C(=O)c1cc(O)cc(O)c1. The minimum Gasteiger partial charge on any atom is -0.508 e. The lowest BCUT2D eigenvalue weighted by molar-refractivity contribution is 0.0811. The monoisotopic (exact) mass is 206 g/mol. The van der Waals surface area contributed by atoms with Crippen molar-refractivity contribution in [2.75, 3.05) is 13.6 Å². The van der Waals surface area contributed by atoms with Crippen molar-refractivity contribution < 1.29 is 15.0 Å². The lowest BCUT2D eigenvalue weighted by Gasteiger charge is -2.13.